The minimum atomic E-state index is -0.370. The van der Waals surface area contributed by atoms with Crippen LogP contribution in [-0.2, 0) is 6.54 Å². The molecule has 0 bridgehead atoms. The molecule has 120 valence electrons. The van der Waals surface area contributed by atoms with Gasteiger partial charge < -0.3 is 10.2 Å². The van der Waals surface area contributed by atoms with Crippen molar-refractivity contribution in [2.45, 2.75) is 19.4 Å². The fraction of sp³-hybridized carbons (Fsp3) is 0.278. The monoisotopic (exact) mass is 376 g/mol. The Morgan fingerprint density at radius 3 is 2.48 bits per heavy atom. The fourth-order valence-corrected chi connectivity index (χ4v) is 3.28. The van der Waals surface area contributed by atoms with Gasteiger partial charge in [-0.15, -0.1) is 0 Å². The standard InChI is InChI=1S/C18H18BrFN2O/c19-17-11-14(20)5-8-16(17)18(23)21-12-13-3-6-15(7-4-13)22-9-1-2-10-22/h3-8,11H,1-2,9-10,12H2,(H,21,23). The molecular weight excluding hydrogens is 359 g/mol. The van der Waals surface area contributed by atoms with E-state index in [0.717, 1.165) is 18.7 Å². The molecule has 2 aromatic rings. The molecule has 1 N–H and O–H groups in total. The second-order valence-electron chi connectivity index (χ2n) is 5.67. The van der Waals surface area contributed by atoms with Gasteiger partial charge in [-0.25, -0.2) is 4.39 Å². The maximum atomic E-state index is 13.1. The van der Waals surface area contributed by atoms with E-state index in [1.165, 1.54) is 36.7 Å². The Morgan fingerprint density at radius 2 is 1.83 bits per heavy atom. The smallest absolute Gasteiger partial charge is 0.252 e. The molecule has 1 heterocycles. The van der Waals surface area contributed by atoms with Gasteiger partial charge in [-0.1, -0.05) is 12.1 Å². The highest BCUT2D eigenvalue weighted by molar-refractivity contribution is 9.10. The predicted octanol–water partition coefficient (Wildman–Crippen LogP) is 4.12. The van der Waals surface area contributed by atoms with Crippen molar-refractivity contribution < 1.29 is 9.18 Å². The first-order chi connectivity index (χ1) is 11.1. The number of halogens is 2. The molecule has 0 aliphatic carbocycles. The molecule has 0 radical (unpaired) electrons. The van der Waals surface area contributed by atoms with E-state index in [1.807, 2.05) is 12.1 Å². The van der Waals surface area contributed by atoms with Gasteiger partial charge >= 0.3 is 0 Å². The Bertz CT molecular complexity index is 697. The zero-order valence-corrected chi connectivity index (χ0v) is 14.3. The molecular formula is C18H18BrFN2O. The summed E-state index contributed by atoms with van der Waals surface area (Å²) in [6.45, 7) is 2.69. The molecule has 0 aromatic heterocycles. The number of anilines is 1. The third-order valence-electron chi connectivity index (χ3n) is 4.04. The zero-order valence-electron chi connectivity index (χ0n) is 12.7. The SMILES string of the molecule is O=C(NCc1ccc(N2CCCC2)cc1)c1ccc(F)cc1Br. The second-order valence-corrected chi connectivity index (χ2v) is 6.52. The Hall–Kier alpha value is -1.88. The van der Waals surface area contributed by atoms with Crippen LogP contribution in [0.4, 0.5) is 10.1 Å². The molecule has 1 fully saturated rings. The van der Waals surface area contributed by atoms with Gasteiger partial charge in [0.15, 0.2) is 0 Å². The Labute approximate surface area is 143 Å². The molecule has 1 saturated heterocycles. The summed E-state index contributed by atoms with van der Waals surface area (Å²) >= 11 is 3.21. The van der Waals surface area contributed by atoms with Gasteiger partial charge in [-0.2, -0.15) is 0 Å². The normalized spacial score (nSPS) is 14.1. The van der Waals surface area contributed by atoms with Crippen LogP contribution in [-0.4, -0.2) is 19.0 Å². The van der Waals surface area contributed by atoms with Gasteiger partial charge in [-0.05, 0) is 64.7 Å². The van der Waals surface area contributed by atoms with Gasteiger partial charge in [0.2, 0.25) is 0 Å². The minimum absolute atomic E-state index is 0.222. The largest absolute Gasteiger partial charge is 0.372 e. The molecule has 23 heavy (non-hydrogen) atoms. The van der Waals surface area contributed by atoms with Crippen molar-refractivity contribution in [2.75, 3.05) is 18.0 Å². The van der Waals surface area contributed by atoms with Crippen LogP contribution in [0.5, 0.6) is 0 Å². The van der Waals surface area contributed by atoms with E-state index in [1.54, 1.807) is 0 Å². The van der Waals surface area contributed by atoms with Gasteiger partial charge in [-0.3, -0.25) is 4.79 Å². The van der Waals surface area contributed by atoms with E-state index in [-0.39, 0.29) is 11.7 Å². The van der Waals surface area contributed by atoms with Crippen molar-refractivity contribution in [3.05, 3.63) is 63.9 Å². The highest BCUT2D eigenvalue weighted by Gasteiger charge is 2.13. The van der Waals surface area contributed by atoms with Gasteiger partial charge in [0.25, 0.3) is 5.91 Å². The first-order valence-corrected chi connectivity index (χ1v) is 8.50. The van der Waals surface area contributed by atoms with Crippen LogP contribution >= 0.6 is 15.9 Å². The van der Waals surface area contributed by atoms with E-state index in [4.69, 9.17) is 0 Å². The fourth-order valence-electron chi connectivity index (χ4n) is 2.75. The maximum absolute atomic E-state index is 13.1. The average Bonchev–Trinajstić information content (AvgIpc) is 3.07. The third-order valence-corrected chi connectivity index (χ3v) is 4.69. The van der Waals surface area contributed by atoms with E-state index in [0.29, 0.717) is 16.6 Å². The molecule has 0 spiro atoms. The number of benzene rings is 2. The number of nitrogens with zero attached hydrogens (tertiary/aromatic N) is 1. The number of rotatable bonds is 4. The molecule has 0 atom stereocenters. The van der Waals surface area contributed by atoms with Crippen LogP contribution in [0.15, 0.2) is 46.9 Å². The van der Waals surface area contributed by atoms with Gasteiger partial charge in [0, 0.05) is 29.8 Å². The third kappa shape index (κ3) is 3.91. The Morgan fingerprint density at radius 1 is 1.13 bits per heavy atom. The van der Waals surface area contributed by atoms with Crippen LogP contribution in [0.1, 0.15) is 28.8 Å². The van der Waals surface area contributed by atoms with Crippen LogP contribution < -0.4 is 10.2 Å². The van der Waals surface area contributed by atoms with Crippen molar-refractivity contribution >= 4 is 27.5 Å². The summed E-state index contributed by atoms with van der Waals surface area (Å²) in [7, 11) is 0. The highest BCUT2D eigenvalue weighted by atomic mass is 79.9. The van der Waals surface area contributed by atoms with E-state index in [2.05, 4.69) is 38.3 Å². The molecule has 3 nitrogen and oxygen atoms in total. The number of nitrogens with one attached hydrogen (secondary N) is 1. The van der Waals surface area contributed by atoms with E-state index >= 15 is 0 Å². The quantitative estimate of drug-likeness (QED) is 0.870. The molecule has 1 aliphatic heterocycles. The lowest BCUT2D eigenvalue weighted by Crippen LogP contribution is -2.23. The van der Waals surface area contributed by atoms with E-state index in [9.17, 15) is 9.18 Å². The molecule has 1 amide bonds. The van der Waals surface area contributed by atoms with Crippen molar-refractivity contribution in [2.24, 2.45) is 0 Å². The molecule has 5 heteroatoms. The van der Waals surface area contributed by atoms with Crippen LogP contribution in [0.25, 0.3) is 0 Å². The summed E-state index contributed by atoms with van der Waals surface area (Å²) in [5, 5.41) is 2.86. The summed E-state index contributed by atoms with van der Waals surface area (Å²) in [5.41, 5.74) is 2.71. The summed E-state index contributed by atoms with van der Waals surface area (Å²) in [4.78, 5) is 14.5. The summed E-state index contributed by atoms with van der Waals surface area (Å²) in [6.07, 6.45) is 2.51. The Kier molecular flexibility index (Phi) is 4.96. The predicted molar refractivity (Wildman–Crippen MR) is 93.2 cm³/mol. The first-order valence-electron chi connectivity index (χ1n) is 7.70. The minimum Gasteiger partial charge on any atom is -0.372 e. The number of hydrogen-bond donors (Lipinski definition) is 1. The lowest BCUT2D eigenvalue weighted by Gasteiger charge is -2.17. The first kappa shape index (κ1) is 16.0. The highest BCUT2D eigenvalue weighted by Crippen LogP contribution is 2.21. The zero-order chi connectivity index (χ0) is 16.2. The van der Waals surface area contributed by atoms with Crippen LogP contribution in [0.3, 0.4) is 0 Å². The number of amides is 1. The molecule has 1 aliphatic rings. The molecule has 2 aromatic carbocycles. The molecule has 0 saturated carbocycles. The van der Waals surface area contributed by atoms with Crippen LogP contribution in [0.2, 0.25) is 0 Å². The molecule has 3 rings (SSSR count). The number of hydrogen-bond acceptors (Lipinski definition) is 2. The molecule has 0 unspecified atom stereocenters. The maximum Gasteiger partial charge on any atom is 0.252 e. The number of carbonyl (C=O) groups is 1. The van der Waals surface area contributed by atoms with Crippen molar-refractivity contribution in [1.29, 1.82) is 0 Å². The van der Waals surface area contributed by atoms with Gasteiger partial charge in [0.05, 0.1) is 5.56 Å². The topological polar surface area (TPSA) is 32.3 Å². The van der Waals surface area contributed by atoms with Crippen molar-refractivity contribution in [3.8, 4) is 0 Å². The summed E-state index contributed by atoms with van der Waals surface area (Å²) in [6, 6.07) is 12.3. The summed E-state index contributed by atoms with van der Waals surface area (Å²) in [5.74, 6) is -0.591. The van der Waals surface area contributed by atoms with Gasteiger partial charge in [0.1, 0.15) is 5.82 Å². The van der Waals surface area contributed by atoms with Crippen molar-refractivity contribution in [3.63, 3.8) is 0 Å². The average molecular weight is 377 g/mol. The summed E-state index contributed by atoms with van der Waals surface area (Å²) < 4.78 is 13.5. The second kappa shape index (κ2) is 7.13. The lowest BCUT2D eigenvalue weighted by atomic mass is 10.1. The van der Waals surface area contributed by atoms with Crippen LogP contribution in [0, 0.1) is 5.82 Å². The number of carbonyl (C=O) groups excluding carboxylic acids is 1. The lowest BCUT2D eigenvalue weighted by molar-refractivity contribution is 0.0950. The van der Waals surface area contributed by atoms with Crippen molar-refractivity contribution in [1.82, 2.24) is 5.32 Å². The Balaban J connectivity index is 1.60. The van der Waals surface area contributed by atoms with E-state index < -0.39 is 0 Å².